The monoisotopic (exact) mass is 447 g/mol. The molecule has 1 atom stereocenters. The largest absolute Gasteiger partial charge is 0.464 e. The molecule has 1 fully saturated rings. The van der Waals surface area contributed by atoms with Crippen LogP contribution in [0.5, 0.6) is 6.01 Å². The van der Waals surface area contributed by atoms with Gasteiger partial charge in [-0.1, -0.05) is 0 Å². The van der Waals surface area contributed by atoms with E-state index in [9.17, 15) is 0 Å². The van der Waals surface area contributed by atoms with E-state index in [1.54, 1.807) is 18.5 Å². The van der Waals surface area contributed by atoms with Crippen molar-refractivity contribution in [1.29, 1.82) is 0 Å². The third-order valence-corrected chi connectivity index (χ3v) is 5.95. The number of nitrogens with zero attached hydrogens (tertiary/aromatic N) is 6. The van der Waals surface area contributed by atoms with Gasteiger partial charge in [0.05, 0.1) is 6.54 Å². The quantitative estimate of drug-likeness (QED) is 0.439. The summed E-state index contributed by atoms with van der Waals surface area (Å²) in [6.45, 7) is 6.08. The van der Waals surface area contributed by atoms with Crippen LogP contribution in [0, 0.1) is 6.92 Å². The van der Waals surface area contributed by atoms with E-state index >= 15 is 0 Å². The average Bonchev–Trinajstić information content (AvgIpc) is 3.32. The molecule has 1 aliphatic heterocycles. The molecule has 33 heavy (non-hydrogen) atoms. The number of pyridine rings is 1. The number of aryl methyl sites for hydroxylation is 1. The van der Waals surface area contributed by atoms with Crippen LogP contribution in [0.4, 0.5) is 5.95 Å². The molecule has 4 aromatic rings. The molecule has 0 aliphatic carbocycles. The molecule has 0 radical (unpaired) electrons. The number of hydrogen-bond donors (Lipinski definition) is 1. The fourth-order valence-electron chi connectivity index (χ4n) is 4.28. The molecule has 1 saturated heterocycles. The van der Waals surface area contributed by atoms with Crippen molar-refractivity contribution >= 4 is 17.1 Å². The molecular weight excluding hydrogens is 418 g/mol. The Balaban J connectivity index is 1.22. The third-order valence-electron chi connectivity index (χ3n) is 5.95. The fourth-order valence-corrected chi connectivity index (χ4v) is 4.28. The van der Waals surface area contributed by atoms with E-state index in [1.807, 2.05) is 37.4 Å². The summed E-state index contributed by atoms with van der Waals surface area (Å²) in [4.78, 5) is 20.1. The molecular formula is C24H29N7O2. The third kappa shape index (κ3) is 5.31. The van der Waals surface area contributed by atoms with E-state index in [1.165, 1.54) is 0 Å². The highest BCUT2D eigenvalue weighted by atomic mass is 16.5. The van der Waals surface area contributed by atoms with Crippen molar-refractivity contribution in [2.24, 2.45) is 0 Å². The summed E-state index contributed by atoms with van der Waals surface area (Å²) in [6.07, 6.45) is 8.45. The topological polar surface area (TPSA) is 94.1 Å². The molecule has 0 spiro atoms. The first kappa shape index (κ1) is 21.4. The molecule has 0 saturated carbocycles. The van der Waals surface area contributed by atoms with Crippen LogP contribution in [0.15, 0.2) is 53.3 Å². The number of ether oxygens (including phenoxy) is 1. The molecule has 0 bridgehead atoms. The summed E-state index contributed by atoms with van der Waals surface area (Å²) in [7, 11) is 0. The molecule has 4 aromatic heterocycles. The molecule has 0 amide bonds. The lowest BCUT2D eigenvalue weighted by molar-refractivity contribution is 0.204. The molecule has 1 aliphatic rings. The molecule has 172 valence electrons. The lowest BCUT2D eigenvalue weighted by Crippen LogP contribution is -2.30. The Morgan fingerprint density at radius 1 is 1.06 bits per heavy atom. The second-order valence-corrected chi connectivity index (χ2v) is 8.37. The van der Waals surface area contributed by atoms with E-state index in [4.69, 9.17) is 14.1 Å². The van der Waals surface area contributed by atoms with Gasteiger partial charge in [-0.15, -0.1) is 0 Å². The Morgan fingerprint density at radius 2 is 1.94 bits per heavy atom. The summed E-state index contributed by atoms with van der Waals surface area (Å²) in [6, 6.07) is 10.5. The molecule has 1 unspecified atom stereocenters. The Morgan fingerprint density at radius 3 is 2.79 bits per heavy atom. The number of furan rings is 1. The van der Waals surface area contributed by atoms with E-state index in [0.29, 0.717) is 25.2 Å². The van der Waals surface area contributed by atoms with Gasteiger partial charge in [-0.2, -0.15) is 0 Å². The van der Waals surface area contributed by atoms with Crippen LogP contribution in [-0.2, 0) is 6.54 Å². The number of aromatic nitrogens is 5. The first-order valence-corrected chi connectivity index (χ1v) is 11.5. The van der Waals surface area contributed by atoms with Crippen LogP contribution < -0.4 is 10.1 Å². The maximum absolute atomic E-state index is 5.82. The highest BCUT2D eigenvalue weighted by Crippen LogP contribution is 2.23. The minimum absolute atomic E-state index is 0.349. The van der Waals surface area contributed by atoms with Crippen molar-refractivity contribution in [2.75, 3.05) is 31.6 Å². The van der Waals surface area contributed by atoms with E-state index in [2.05, 4.69) is 29.7 Å². The van der Waals surface area contributed by atoms with E-state index in [0.717, 1.165) is 67.5 Å². The zero-order valence-electron chi connectivity index (χ0n) is 18.9. The lowest BCUT2D eigenvalue weighted by atomic mass is 10.1. The lowest BCUT2D eigenvalue weighted by Gasteiger charge is -2.20. The number of rotatable bonds is 8. The Labute approximate surface area is 192 Å². The van der Waals surface area contributed by atoms with Gasteiger partial charge in [0, 0.05) is 37.7 Å². The summed E-state index contributed by atoms with van der Waals surface area (Å²) in [5.74, 6) is 2.65. The van der Waals surface area contributed by atoms with E-state index < -0.39 is 0 Å². The minimum Gasteiger partial charge on any atom is -0.464 e. The van der Waals surface area contributed by atoms with Crippen LogP contribution in [0.1, 0.15) is 30.8 Å². The van der Waals surface area contributed by atoms with Gasteiger partial charge in [0.1, 0.15) is 23.6 Å². The standard InChI is InChI=1S/C24H29N7O2/c1-18-7-8-20(33-18)17-31-22-21(6-2-10-25-22)29-23(31)28-19-5-3-13-30(14-9-19)15-16-32-24-26-11-4-12-27-24/h2,4,6-8,10-12,19H,3,5,9,13-17H2,1H3,(H,28,29). The van der Waals surface area contributed by atoms with Gasteiger partial charge in [0.15, 0.2) is 5.65 Å². The molecule has 5 rings (SSSR count). The van der Waals surface area contributed by atoms with Crippen molar-refractivity contribution in [3.8, 4) is 6.01 Å². The van der Waals surface area contributed by atoms with Gasteiger partial charge >= 0.3 is 6.01 Å². The van der Waals surface area contributed by atoms with Crippen LogP contribution in [0.3, 0.4) is 0 Å². The predicted molar refractivity (Wildman–Crippen MR) is 125 cm³/mol. The highest BCUT2D eigenvalue weighted by Gasteiger charge is 2.20. The van der Waals surface area contributed by atoms with Crippen molar-refractivity contribution in [2.45, 2.75) is 38.8 Å². The number of anilines is 1. The van der Waals surface area contributed by atoms with Crippen molar-refractivity contribution in [1.82, 2.24) is 29.4 Å². The number of imidazole rings is 1. The average molecular weight is 448 g/mol. The fraction of sp³-hybridized carbons (Fsp3) is 0.417. The maximum atomic E-state index is 5.82. The second-order valence-electron chi connectivity index (χ2n) is 8.37. The summed E-state index contributed by atoms with van der Waals surface area (Å²) in [5.41, 5.74) is 1.75. The molecule has 0 aromatic carbocycles. The van der Waals surface area contributed by atoms with E-state index in [-0.39, 0.29) is 0 Å². The normalized spacial score (nSPS) is 17.2. The zero-order valence-corrected chi connectivity index (χ0v) is 18.9. The SMILES string of the molecule is Cc1ccc(Cn2c(NC3CCCN(CCOc4ncccn4)CC3)nc3cccnc32)o1. The smallest absolute Gasteiger partial charge is 0.316 e. The van der Waals surface area contributed by atoms with Gasteiger partial charge in [0.2, 0.25) is 5.95 Å². The first-order valence-electron chi connectivity index (χ1n) is 11.5. The molecule has 5 heterocycles. The zero-order chi connectivity index (χ0) is 22.5. The maximum Gasteiger partial charge on any atom is 0.316 e. The number of likely N-dealkylation sites (tertiary alicyclic amines) is 1. The van der Waals surface area contributed by atoms with Gasteiger partial charge in [0.25, 0.3) is 0 Å². The van der Waals surface area contributed by atoms with Crippen LogP contribution in [0.25, 0.3) is 11.2 Å². The Bertz CT molecular complexity index is 1170. The Hall–Kier alpha value is -3.46. The van der Waals surface area contributed by atoms with Gasteiger partial charge in [-0.05, 0) is 63.1 Å². The van der Waals surface area contributed by atoms with Crippen LogP contribution >= 0.6 is 0 Å². The molecule has 1 N–H and O–H groups in total. The number of fused-ring (bicyclic) bond motifs is 1. The highest BCUT2D eigenvalue weighted by molar-refractivity contribution is 5.74. The second kappa shape index (κ2) is 9.99. The van der Waals surface area contributed by atoms with Crippen molar-refractivity contribution in [3.05, 3.63) is 60.4 Å². The molecule has 9 nitrogen and oxygen atoms in total. The van der Waals surface area contributed by atoms with Gasteiger partial charge in [-0.3, -0.25) is 9.47 Å². The first-order chi connectivity index (χ1) is 16.2. The minimum atomic E-state index is 0.349. The Kier molecular flexibility index (Phi) is 6.48. The summed E-state index contributed by atoms with van der Waals surface area (Å²) < 4.78 is 13.6. The van der Waals surface area contributed by atoms with Crippen LogP contribution in [0.2, 0.25) is 0 Å². The van der Waals surface area contributed by atoms with Gasteiger partial charge in [-0.25, -0.2) is 19.9 Å². The van der Waals surface area contributed by atoms with Gasteiger partial charge < -0.3 is 14.5 Å². The number of nitrogens with one attached hydrogen (secondary N) is 1. The van der Waals surface area contributed by atoms with Crippen molar-refractivity contribution < 1.29 is 9.15 Å². The number of hydrogen-bond acceptors (Lipinski definition) is 8. The molecule has 9 heteroatoms. The predicted octanol–water partition coefficient (Wildman–Crippen LogP) is 3.52. The summed E-state index contributed by atoms with van der Waals surface area (Å²) >= 11 is 0. The summed E-state index contributed by atoms with van der Waals surface area (Å²) in [5, 5.41) is 3.70. The van der Waals surface area contributed by atoms with Crippen molar-refractivity contribution in [3.63, 3.8) is 0 Å². The van der Waals surface area contributed by atoms with Crippen LogP contribution in [-0.4, -0.2) is 61.7 Å².